The number of hydrogen-bond donors (Lipinski definition) is 1. The number of hydrogen-bond acceptors (Lipinski definition) is 6. The first-order valence-corrected chi connectivity index (χ1v) is 13.3. The first-order chi connectivity index (χ1) is 16.6. The molecule has 1 aliphatic rings. The summed E-state index contributed by atoms with van der Waals surface area (Å²) < 4.78 is 5.43. The highest BCUT2D eigenvalue weighted by molar-refractivity contribution is 7.98. The lowest BCUT2D eigenvalue weighted by Crippen LogP contribution is -2.40. The maximum Gasteiger partial charge on any atom is 0.241 e. The van der Waals surface area contributed by atoms with Crippen LogP contribution in [0.25, 0.3) is 11.4 Å². The van der Waals surface area contributed by atoms with Gasteiger partial charge in [0, 0.05) is 23.8 Å². The van der Waals surface area contributed by atoms with E-state index in [9.17, 15) is 4.79 Å². The molecule has 2 aromatic carbocycles. The molecule has 0 atom stereocenters. The van der Waals surface area contributed by atoms with Crippen molar-refractivity contribution in [3.8, 4) is 11.4 Å². The molecule has 0 radical (unpaired) electrons. The molecule has 4 rings (SSSR count). The summed E-state index contributed by atoms with van der Waals surface area (Å²) in [6.45, 7) is 5.17. The summed E-state index contributed by atoms with van der Waals surface area (Å²) in [6.07, 6.45) is 2.69. The second-order valence-electron chi connectivity index (χ2n) is 8.67. The Morgan fingerprint density at radius 2 is 1.94 bits per heavy atom. The van der Waals surface area contributed by atoms with Gasteiger partial charge < -0.3 is 9.84 Å². The largest absolute Gasteiger partial charge is 0.356 e. The quantitative estimate of drug-likeness (QED) is 0.380. The Bertz CT molecular complexity index is 1080. The first-order valence-electron chi connectivity index (χ1n) is 11.8. The van der Waals surface area contributed by atoms with Crippen LogP contribution in [-0.4, -0.2) is 46.3 Å². The Morgan fingerprint density at radius 3 is 2.74 bits per heavy atom. The van der Waals surface area contributed by atoms with Gasteiger partial charge in [-0.15, -0.1) is 0 Å². The van der Waals surface area contributed by atoms with Gasteiger partial charge in [-0.25, -0.2) is 0 Å². The summed E-state index contributed by atoms with van der Waals surface area (Å²) in [5.41, 5.74) is 3.50. The van der Waals surface area contributed by atoms with E-state index in [2.05, 4.69) is 51.5 Å². The maximum atomic E-state index is 12.6. The van der Waals surface area contributed by atoms with E-state index < -0.39 is 0 Å². The van der Waals surface area contributed by atoms with E-state index >= 15 is 0 Å². The van der Waals surface area contributed by atoms with Crippen LogP contribution in [-0.2, 0) is 17.1 Å². The second kappa shape index (κ2) is 12.4. The summed E-state index contributed by atoms with van der Waals surface area (Å²) in [5, 5.41) is 7.80. The summed E-state index contributed by atoms with van der Waals surface area (Å²) in [5.74, 6) is 3.42. The molecule has 1 fully saturated rings. The number of benzene rings is 2. The van der Waals surface area contributed by atoms with Gasteiger partial charge in [0.1, 0.15) is 0 Å². The number of nitrogens with one attached hydrogen (secondary N) is 1. The fourth-order valence-corrected chi connectivity index (χ4v) is 5.36. The molecule has 34 heavy (non-hydrogen) atoms. The van der Waals surface area contributed by atoms with Crippen LogP contribution in [0, 0.1) is 12.8 Å². The van der Waals surface area contributed by atoms with E-state index in [1.165, 1.54) is 11.1 Å². The normalized spacial score (nSPS) is 14.9. The van der Waals surface area contributed by atoms with Crippen molar-refractivity contribution in [2.75, 3.05) is 25.4 Å². The highest BCUT2D eigenvalue weighted by Crippen LogP contribution is 2.26. The number of halogens is 1. The second-order valence-corrected chi connectivity index (χ2v) is 10.2. The predicted octanol–water partition coefficient (Wildman–Crippen LogP) is 5.35. The molecule has 8 heteroatoms. The SMILES string of the molecule is Cc1ccccc1CSCCCNC(=O)C1CCN(Cc2nc(-c3ccccc3Cl)no2)CC1. The molecular weight excluding hydrogens is 468 g/mol. The fourth-order valence-electron chi connectivity index (χ4n) is 4.10. The molecule has 1 N–H and O–H groups in total. The average molecular weight is 499 g/mol. The van der Waals surface area contributed by atoms with E-state index in [1.54, 1.807) is 0 Å². The molecule has 1 aromatic heterocycles. The van der Waals surface area contributed by atoms with Crippen molar-refractivity contribution in [1.82, 2.24) is 20.4 Å². The molecule has 180 valence electrons. The van der Waals surface area contributed by atoms with Crippen molar-refractivity contribution < 1.29 is 9.32 Å². The molecule has 0 bridgehead atoms. The number of amides is 1. The number of likely N-dealkylation sites (tertiary alicyclic amines) is 1. The number of nitrogens with zero attached hydrogens (tertiary/aromatic N) is 3. The minimum Gasteiger partial charge on any atom is -0.356 e. The number of carbonyl (C=O) groups excluding carboxylic acids is 1. The van der Waals surface area contributed by atoms with Gasteiger partial charge in [0.05, 0.1) is 11.6 Å². The van der Waals surface area contributed by atoms with Gasteiger partial charge in [-0.3, -0.25) is 9.69 Å². The molecular formula is C26H31ClN4O2S. The molecule has 0 unspecified atom stereocenters. The zero-order valence-electron chi connectivity index (χ0n) is 19.5. The molecule has 0 aliphatic carbocycles. The molecule has 2 heterocycles. The number of rotatable bonds is 10. The zero-order chi connectivity index (χ0) is 23.8. The lowest BCUT2D eigenvalue weighted by molar-refractivity contribution is -0.126. The van der Waals surface area contributed by atoms with Crippen LogP contribution in [0.4, 0.5) is 0 Å². The lowest BCUT2D eigenvalue weighted by atomic mass is 9.96. The highest BCUT2D eigenvalue weighted by atomic mass is 35.5. The smallest absolute Gasteiger partial charge is 0.241 e. The Labute approximate surface area is 210 Å². The van der Waals surface area contributed by atoms with Crippen LogP contribution in [0.2, 0.25) is 5.02 Å². The average Bonchev–Trinajstić information content (AvgIpc) is 3.31. The summed E-state index contributed by atoms with van der Waals surface area (Å²) in [4.78, 5) is 19.3. The summed E-state index contributed by atoms with van der Waals surface area (Å²) in [6, 6.07) is 16.0. The van der Waals surface area contributed by atoms with Gasteiger partial charge in [0.25, 0.3) is 0 Å². The zero-order valence-corrected chi connectivity index (χ0v) is 21.1. The minimum absolute atomic E-state index is 0.0808. The Balaban J connectivity index is 1.12. The number of aryl methyl sites for hydroxylation is 1. The maximum absolute atomic E-state index is 12.6. The summed E-state index contributed by atoms with van der Waals surface area (Å²) in [7, 11) is 0. The van der Waals surface area contributed by atoms with Crippen LogP contribution < -0.4 is 5.32 Å². The van der Waals surface area contributed by atoms with Crippen molar-refractivity contribution >= 4 is 29.3 Å². The molecule has 6 nitrogen and oxygen atoms in total. The standard InChI is InChI=1S/C26H31ClN4O2S/c1-19-7-2-3-8-21(19)18-34-16-6-13-28-26(32)20-11-14-31(15-12-20)17-24-29-25(30-33-24)22-9-4-5-10-23(22)27/h2-5,7-10,20H,6,11-18H2,1H3,(H,28,32). The van der Waals surface area contributed by atoms with Crippen LogP contribution in [0.1, 0.15) is 36.3 Å². The number of piperidine rings is 1. The van der Waals surface area contributed by atoms with Crippen LogP contribution in [0.3, 0.4) is 0 Å². The third kappa shape index (κ3) is 6.84. The van der Waals surface area contributed by atoms with Crippen molar-refractivity contribution in [1.29, 1.82) is 0 Å². The van der Waals surface area contributed by atoms with Gasteiger partial charge >= 0.3 is 0 Å². The van der Waals surface area contributed by atoms with Gasteiger partial charge in [0.15, 0.2) is 0 Å². The van der Waals surface area contributed by atoms with Gasteiger partial charge in [0.2, 0.25) is 17.6 Å². The lowest BCUT2D eigenvalue weighted by Gasteiger charge is -2.30. The third-order valence-electron chi connectivity index (χ3n) is 6.18. The highest BCUT2D eigenvalue weighted by Gasteiger charge is 2.26. The van der Waals surface area contributed by atoms with Crippen LogP contribution in [0.5, 0.6) is 0 Å². The fraction of sp³-hybridized carbons (Fsp3) is 0.423. The molecule has 0 saturated carbocycles. The Kier molecular flexibility index (Phi) is 9.02. The topological polar surface area (TPSA) is 71.3 Å². The van der Waals surface area contributed by atoms with Gasteiger partial charge in [-0.1, -0.05) is 53.2 Å². The summed E-state index contributed by atoms with van der Waals surface area (Å²) >= 11 is 8.15. The van der Waals surface area contributed by atoms with Crippen molar-refractivity contribution in [3.05, 3.63) is 70.6 Å². The third-order valence-corrected chi connectivity index (χ3v) is 7.61. The van der Waals surface area contributed by atoms with E-state index in [0.29, 0.717) is 23.3 Å². The van der Waals surface area contributed by atoms with Crippen LogP contribution in [0.15, 0.2) is 53.1 Å². The van der Waals surface area contributed by atoms with Crippen molar-refractivity contribution in [2.24, 2.45) is 5.92 Å². The Morgan fingerprint density at radius 1 is 1.18 bits per heavy atom. The molecule has 3 aromatic rings. The molecule has 0 spiro atoms. The predicted molar refractivity (Wildman–Crippen MR) is 138 cm³/mol. The van der Waals surface area contributed by atoms with Gasteiger partial charge in [-0.05, 0) is 68.3 Å². The van der Waals surface area contributed by atoms with Gasteiger partial charge in [-0.2, -0.15) is 16.7 Å². The van der Waals surface area contributed by atoms with E-state index in [-0.39, 0.29) is 11.8 Å². The number of carbonyl (C=O) groups is 1. The van der Waals surface area contributed by atoms with Crippen LogP contribution >= 0.6 is 23.4 Å². The molecule has 1 aliphatic heterocycles. The van der Waals surface area contributed by atoms with Crippen molar-refractivity contribution in [2.45, 2.75) is 38.5 Å². The minimum atomic E-state index is 0.0808. The Hall–Kier alpha value is -2.35. The first kappa shape index (κ1) is 24.8. The molecule has 1 saturated heterocycles. The van der Waals surface area contributed by atoms with E-state index in [0.717, 1.165) is 56.0 Å². The van der Waals surface area contributed by atoms with E-state index in [1.807, 2.05) is 36.0 Å². The van der Waals surface area contributed by atoms with E-state index in [4.69, 9.17) is 16.1 Å². The molecule has 1 amide bonds. The van der Waals surface area contributed by atoms with Crippen molar-refractivity contribution in [3.63, 3.8) is 0 Å². The monoisotopic (exact) mass is 498 g/mol. The number of aromatic nitrogens is 2. The number of thioether (sulfide) groups is 1.